The van der Waals surface area contributed by atoms with Gasteiger partial charge < -0.3 is 15.2 Å². The van der Waals surface area contributed by atoms with E-state index < -0.39 is 5.97 Å². The molecule has 0 atom stereocenters. The van der Waals surface area contributed by atoms with E-state index in [4.69, 9.17) is 9.84 Å². The lowest BCUT2D eigenvalue weighted by atomic mass is 10.1. The van der Waals surface area contributed by atoms with Gasteiger partial charge in [0, 0.05) is 13.1 Å². The van der Waals surface area contributed by atoms with Crippen LogP contribution in [0.1, 0.15) is 23.1 Å². The van der Waals surface area contributed by atoms with E-state index >= 15 is 0 Å². The molecule has 17 heavy (non-hydrogen) atoms. The fraction of sp³-hybridized carbons (Fsp3) is 0.462. The molecule has 0 heterocycles. The Bertz CT molecular complexity index is 379. The molecule has 1 rings (SSSR count). The number of carboxylic acid groups (broad SMARTS) is 1. The third kappa shape index (κ3) is 4.07. The predicted octanol–water partition coefficient (Wildman–Crippen LogP) is 1.88. The predicted molar refractivity (Wildman–Crippen MR) is 66.4 cm³/mol. The van der Waals surface area contributed by atoms with Crippen LogP contribution in [-0.4, -0.2) is 24.7 Å². The Morgan fingerprint density at radius 1 is 1.35 bits per heavy atom. The summed E-state index contributed by atoms with van der Waals surface area (Å²) in [5.41, 5.74) is 3.34. The smallest absolute Gasteiger partial charge is 0.304 e. The third-order valence-electron chi connectivity index (χ3n) is 2.57. The van der Waals surface area contributed by atoms with E-state index in [0.29, 0.717) is 13.1 Å². The van der Waals surface area contributed by atoms with Gasteiger partial charge in [-0.2, -0.15) is 0 Å². The maximum atomic E-state index is 10.3. The minimum atomic E-state index is -0.778. The SMILES string of the molecule is COc1c(C)cc(CNCCC(=O)O)cc1C. The Hall–Kier alpha value is -1.55. The summed E-state index contributed by atoms with van der Waals surface area (Å²) in [5, 5.41) is 11.6. The fourth-order valence-corrected chi connectivity index (χ4v) is 1.89. The molecule has 0 unspecified atom stereocenters. The summed E-state index contributed by atoms with van der Waals surface area (Å²) < 4.78 is 5.29. The summed E-state index contributed by atoms with van der Waals surface area (Å²) in [6.07, 6.45) is 0.147. The molecule has 0 aliphatic carbocycles. The van der Waals surface area contributed by atoms with Crippen LogP contribution in [0.3, 0.4) is 0 Å². The number of carbonyl (C=O) groups is 1. The van der Waals surface area contributed by atoms with Crippen molar-refractivity contribution in [2.24, 2.45) is 0 Å². The Labute approximate surface area is 102 Å². The molecule has 0 aliphatic rings. The summed E-state index contributed by atoms with van der Waals surface area (Å²) in [6, 6.07) is 4.11. The second kappa shape index (κ2) is 6.25. The average Bonchev–Trinajstić information content (AvgIpc) is 2.24. The van der Waals surface area contributed by atoms with E-state index in [0.717, 1.165) is 22.4 Å². The van der Waals surface area contributed by atoms with Crippen molar-refractivity contribution in [3.05, 3.63) is 28.8 Å². The first-order valence-electron chi connectivity index (χ1n) is 5.61. The van der Waals surface area contributed by atoms with Crippen LogP contribution in [0.5, 0.6) is 5.75 Å². The maximum Gasteiger partial charge on any atom is 0.304 e. The van der Waals surface area contributed by atoms with Crippen molar-refractivity contribution in [2.75, 3.05) is 13.7 Å². The molecule has 2 N–H and O–H groups in total. The van der Waals surface area contributed by atoms with Gasteiger partial charge in [-0.1, -0.05) is 12.1 Å². The Morgan fingerprint density at radius 2 is 1.94 bits per heavy atom. The topological polar surface area (TPSA) is 58.6 Å². The molecule has 1 aromatic rings. The summed E-state index contributed by atoms with van der Waals surface area (Å²) in [5.74, 6) is 0.138. The zero-order chi connectivity index (χ0) is 12.8. The van der Waals surface area contributed by atoms with Gasteiger partial charge in [0.05, 0.1) is 13.5 Å². The number of benzene rings is 1. The van der Waals surface area contributed by atoms with E-state index in [-0.39, 0.29) is 6.42 Å². The molecule has 0 bridgehead atoms. The number of ether oxygens (including phenoxy) is 1. The van der Waals surface area contributed by atoms with Crippen LogP contribution in [-0.2, 0) is 11.3 Å². The lowest BCUT2D eigenvalue weighted by molar-refractivity contribution is -0.136. The molecule has 0 fully saturated rings. The zero-order valence-corrected chi connectivity index (χ0v) is 10.5. The van der Waals surface area contributed by atoms with Crippen LogP contribution in [0.15, 0.2) is 12.1 Å². The Balaban J connectivity index is 2.58. The van der Waals surface area contributed by atoms with E-state index in [2.05, 4.69) is 17.4 Å². The van der Waals surface area contributed by atoms with Crippen LogP contribution in [0.25, 0.3) is 0 Å². The third-order valence-corrected chi connectivity index (χ3v) is 2.57. The molecule has 0 aliphatic heterocycles. The van der Waals surface area contributed by atoms with Crippen molar-refractivity contribution in [1.29, 1.82) is 0 Å². The van der Waals surface area contributed by atoms with E-state index in [1.807, 2.05) is 13.8 Å². The normalized spacial score (nSPS) is 10.3. The van der Waals surface area contributed by atoms with E-state index in [1.165, 1.54) is 0 Å². The molecule has 0 saturated carbocycles. The van der Waals surface area contributed by atoms with Gasteiger partial charge in [0.2, 0.25) is 0 Å². The quantitative estimate of drug-likeness (QED) is 0.742. The number of aryl methyl sites for hydroxylation is 2. The monoisotopic (exact) mass is 237 g/mol. The second-order valence-electron chi connectivity index (χ2n) is 4.08. The zero-order valence-electron chi connectivity index (χ0n) is 10.5. The van der Waals surface area contributed by atoms with E-state index in [9.17, 15) is 4.79 Å². The van der Waals surface area contributed by atoms with Gasteiger partial charge in [0.15, 0.2) is 0 Å². The molecule has 0 spiro atoms. The molecule has 0 aromatic heterocycles. The number of aliphatic carboxylic acids is 1. The van der Waals surface area contributed by atoms with Gasteiger partial charge in [0.1, 0.15) is 5.75 Å². The van der Waals surface area contributed by atoms with Crippen molar-refractivity contribution in [3.63, 3.8) is 0 Å². The van der Waals surface area contributed by atoms with E-state index in [1.54, 1.807) is 7.11 Å². The number of methoxy groups -OCH3 is 1. The highest BCUT2D eigenvalue weighted by Gasteiger charge is 2.05. The van der Waals surface area contributed by atoms with Gasteiger partial charge in [-0.05, 0) is 30.5 Å². The number of rotatable bonds is 6. The largest absolute Gasteiger partial charge is 0.496 e. The van der Waals surface area contributed by atoms with Crippen LogP contribution in [0.4, 0.5) is 0 Å². The molecule has 4 heteroatoms. The first-order valence-corrected chi connectivity index (χ1v) is 5.61. The van der Waals surface area contributed by atoms with Crippen molar-refractivity contribution in [3.8, 4) is 5.75 Å². The highest BCUT2D eigenvalue weighted by molar-refractivity contribution is 5.66. The molecule has 0 radical (unpaired) electrons. The van der Waals surface area contributed by atoms with Crippen molar-refractivity contribution in [2.45, 2.75) is 26.8 Å². The minimum absolute atomic E-state index is 0.147. The summed E-state index contributed by atoms with van der Waals surface area (Å²) in [7, 11) is 1.67. The van der Waals surface area contributed by atoms with Gasteiger partial charge in [0.25, 0.3) is 0 Å². The lowest BCUT2D eigenvalue weighted by Gasteiger charge is -2.11. The number of hydrogen-bond acceptors (Lipinski definition) is 3. The van der Waals surface area contributed by atoms with Gasteiger partial charge in [-0.3, -0.25) is 4.79 Å². The highest BCUT2D eigenvalue weighted by atomic mass is 16.5. The summed E-state index contributed by atoms with van der Waals surface area (Å²) in [4.78, 5) is 10.3. The molecule has 94 valence electrons. The number of nitrogens with one attached hydrogen (secondary N) is 1. The van der Waals surface area contributed by atoms with Gasteiger partial charge >= 0.3 is 5.97 Å². The Kier molecular flexibility index (Phi) is 4.97. The highest BCUT2D eigenvalue weighted by Crippen LogP contribution is 2.24. The van der Waals surface area contributed by atoms with Crippen LogP contribution < -0.4 is 10.1 Å². The molecule has 1 aromatic carbocycles. The molecular weight excluding hydrogens is 218 g/mol. The summed E-state index contributed by atoms with van der Waals surface area (Å²) in [6.45, 7) is 5.18. The van der Waals surface area contributed by atoms with Gasteiger partial charge in [-0.25, -0.2) is 0 Å². The Morgan fingerprint density at radius 3 is 2.41 bits per heavy atom. The number of hydrogen-bond donors (Lipinski definition) is 2. The average molecular weight is 237 g/mol. The molecule has 0 saturated heterocycles. The maximum absolute atomic E-state index is 10.3. The first-order chi connectivity index (χ1) is 8.04. The lowest BCUT2D eigenvalue weighted by Crippen LogP contribution is -2.17. The molecule has 4 nitrogen and oxygen atoms in total. The van der Waals surface area contributed by atoms with Gasteiger partial charge in [-0.15, -0.1) is 0 Å². The van der Waals surface area contributed by atoms with Crippen LogP contribution in [0.2, 0.25) is 0 Å². The molecular formula is C13H19NO3. The second-order valence-corrected chi connectivity index (χ2v) is 4.08. The van der Waals surface area contributed by atoms with Crippen molar-refractivity contribution < 1.29 is 14.6 Å². The molecule has 0 amide bonds. The number of carboxylic acids is 1. The summed E-state index contributed by atoms with van der Waals surface area (Å²) >= 11 is 0. The van der Waals surface area contributed by atoms with Crippen molar-refractivity contribution in [1.82, 2.24) is 5.32 Å². The van der Waals surface area contributed by atoms with Crippen LogP contribution in [0, 0.1) is 13.8 Å². The van der Waals surface area contributed by atoms with Crippen molar-refractivity contribution >= 4 is 5.97 Å². The minimum Gasteiger partial charge on any atom is -0.496 e. The first kappa shape index (κ1) is 13.5. The standard InChI is InChI=1S/C13H19NO3/c1-9-6-11(7-10(2)13(9)17-3)8-14-5-4-12(15)16/h6-7,14H,4-5,8H2,1-3H3,(H,15,16). The van der Waals surface area contributed by atoms with Crippen LogP contribution >= 0.6 is 0 Å². The fourth-order valence-electron chi connectivity index (χ4n) is 1.89.